The molecule has 0 saturated heterocycles. The Morgan fingerprint density at radius 1 is 0.252 bits per heavy atom. The van der Waals surface area contributed by atoms with Crippen LogP contribution in [0.3, 0.4) is 0 Å². The summed E-state index contributed by atoms with van der Waals surface area (Å²) in [7, 11) is 9.60. The average Bonchev–Trinajstić information content (AvgIpc) is 1.35. The van der Waals surface area contributed by atoms with Crippen molar-refractivity contribution in [1.82, 2.24) is 24.9 Å². The van der Waals surface area contributed by atoms with Gasteiger partial charge in [-0.3, -0.25) is 4.98 Å². The summed E-state index contributed by atoms with van der Waals surface area (Å²) < 4.78 is 137. The summed E-state index contributed by atoms with van der Waals surface area (Å²) in [6.45, 7) is 4.96. The molecule has 0 fully saturated rings. The van der Waals surface area contributed by atoms with Crippen molar-refractivity contribution in [3.05, 3.63) is 360 Å². The molecule has 15 aromatic carbocycles. The lowest BCUT2D eigenvalue weighted by Gasteiger charge is -2.10. The third-order valence-corrected chi connectivity index (χ3v) is 25.7. The summed E-state index contributed by atoms with van der Waals surface area (Å²) in [6, 6.07) is 79.1. The van der Waals surface area contributed by atoms with Gasteiger partial charge in [-0.1, -0.05) is 154 Å². The van der Waals surface area contributed by atoms with Gasteiger partial charge in [0.25, 0.3) is 19.0 Å². The van der Waals surface area contributed by atoms with E-state index in [-0.39, 0.29) is 5.69 Å². The summed E-state index contributed by atoms with van der Waals surface area (Å²) in [5.41, 5.74) is 24.4. The maximum absolute atomic E-state index is 8.12. The van der Waals surface area contributed by atoms with Crippen LogP contribution in [-0.2, 0) is 35.2 Å². The summed E-state index contributed by atoms with van der Waals surface area (Å²) in [5, 5.41) is 20.6. The van der Waals surface area contributed by atoms with E-state index in [2.05, 4.69) is 146 Å². The molecule has 131 heavy (non-hydrogen) atoms. The lowest BCUT2D eigenvalue weighted by molar-refractivity contribution is -0.663. The first kappa shape index (κ1) is 69.2. The van der Waals surface area contributed by atoms with Crippen LogP contribution in [0.25, 0.3) is 220 Å². The van der Waals surface area contributed by atoms with Crippen molar-refractivity contribution in [3.8, 4) is 56.3 Å². The molecule has 0 aliphatic heterocycles. The van der Waals surface area contributed by atoms with E-state index >= 15 is 0 Å². The van der Waals surface area contributed by atoms with Gasteiger partial charge in [-0.25, -0.2) is 18.7 Å². The predicted molar refractivity (Wildman–Crippen MR) is 530 cm³/mol. The molecule has 0 radical (unpaired) electrons. The first-order chi connectivity index (χ1) is 68.4. The van der Waals surface area contributed by atoms with E-state index in [0.29, 0.717) is 55.5 Å². The monoisotopic (exact) mass is 1720 g/mol. The Bertz CT molecular complexity index is 9560. The molecular formula is C116H97N10O5+5. The van der Waals surface area contributed by atoms with Crippen LogP contribution in [0.2, 0.25) is 0 Å². The summed E-state index contributed by atoms with van der Waals surface area (Å²) in [6.07, 6.45) is 17.5. The van der Waals surface area contributed by atoms with Crippen molar-refractivity contribution in [2.45, 2.75) is 75.9 Å². The normalized spacial score (nSPS) is 13.4. The molecule has 636 valence electrons. The predicted octanol–water partition coefficient (Wildman–Crippen LogP) is 26.5. The second-order valence-corrected chi connectivity index (χ2v) is 34.1. The minimum Gasteiger partial charge on any atom is -0.455 e. The van der Waals surface area contributed by atoms with Crippen LogP contribution in [0.15, 0.2) is 321 Å². The maximum Gasteiger partial charge on any atom is 0.286 e. The van der Waals surface area contributed by atoms with Gasteiger partial charge in [0, 0.05) is 95.4 Å². The van der Waals surface area contributed by atoms with Gasteiger partial charge in [-0.2, -0.15) is 9.13 Å². The van der Waals surface area contributed by atoms with Crippen LogP contribution in [0, 0.1) is 75.9 Å². The second kappa shape index (κ2) is 32.7. The molecule has 0 spiro atoms. The van der Waals surface area contributed by atoms with E-state index in [1.165, 1.54) is 27.3 Å². The number of benzene rings is 15. The van der Waals surface area contributed by atoms with Gasteiger partial charge in [0.2, 0.25) is 11.4 Å². The topological polar surface area (TPSA) is 150 Å². The summed E-state index contributed by atoms with van der Waals surface area (Å²) in [4.78, 5) is 21.2. The summed E-state index contributed by atoms with van der Waals surface area (Å²) >= 11 is 0. The van der Waals surface area contributed by atoms with E-state index in [1.54, 1.807) is 72.7 Å². The van der Waals surface area contributed by atoms with Crippen LogP contribution in [-0.4, -0.2) is 24.9 Å². The van der Waals surface area contributed by atoms with Crippen molar-refractivity contribution < 1.29 is 61.4 Å². The number of nitrogens with zero attached hydrogens (tertiary/aromatic N) is 10. The largest absolute Gasteiger partial charge is 0.455 e. The van der Waals surface area contributed by atoms with Crippen LogP contribution in [0.5, 0.6) is 0 Å². The van der Waals surface area contributed by atoms with Crippen LogP contribution in [0.4, 0.5) is 0 Å². The number of hydrogen-bond donors (Lipinski definition) is 0. The average molecular weight is 1720 g/mol. The minimum absolute atomic E-state index is 0.0735. The molecule has 0 bridgehead atoms. The SMILES string of the molecule is Cc1cc2c(oc3cc4ccccc4cc32)c(-c2cncc[n+]2C)c1C.[2H]C([2H])([2H])c1c[n+](C)c(-c2c(C)ccc3c2oc2cc4ccccc4cc23)cn1.[2H]C([2H])([2H])c1cc(C)c(-c2ccnc[n+]2C)c2oc3cc4ccccc4cc3c12.[2H]C([2H])([2H])c1cc2c(oc3cc4ccccc4cc32)c(-c2cc(C)nc[n+]2C)c1C.[2H]C([2H])([2H])c1cc2c(oc3cc4ccccc4cc32)c(-c2ccnc[n+]2C)c1C. The highest BCUT2D eigenvalue weighted by Crippen LogP contribution is 2.47. The Balaban J connectivity index is 0.000000106. The van der Waals surface area contributed by atoms with Gasteiger partial charge in [-0.05, 0) is 252 Å². The molecule has 0 aliphatic rings. The van der Waals surface area contributed by atoms with Gasteiger partial charge in [-0.15, -0.1) is 0 Å². The molecule has 10 heterocycles. The van der Waals surface area contributed by atoms with Gasteiger partial charge in [0.1, 0.15) is 105 Å². The Labute approximate surface area is 773 Å². The lowest BCUT2D eigenvalue weighted by atomic mass is 9.96. The molecule has 0 saturated carbocycles. The zero-order valence-corrected chi connectivity index (χ0v) is 74.3. The van der Waals surface area contributed by atoms with Gasteiger partial charge in [0.15, 0.2) is 18.1 Å². The number of aryl methyl sites for hydroxylation is 13. The van der Waals surface area contributed by atoms with Crippen molar-refractivity contribution >= 4 is 164 Å². The highest BCUT2D eigenvalue weighted by atomic mass is 16.3. The lowest BCUT2D eigenvalue weighted by Crippen LogP contribution is -2.31. The van der Waals surface area contributed by atoms with Crippen LogP contribution in [0.1, 0.15) is 77.9 Å². The zero-order valence-electron chi connectivity index (χ0n) is 86.3. The zero-order chi connectivity index (χ0) is 100. The minimum atomic E-state index is -2.25. The van der Waals surface area contributed by atoms with Crippen molar-refractivity contribution in [2.24, 2.45) is 35.2 Å². The molecule has 0 amide bonds. The Kier molecular flexibility index (Phi) is 17.3. The van der Waals surface area contributed by atoms with Crippen LogP contribution < -0.4 is 22.8 Å². The molecule has 0 N–H and O–H groups in total. The fourth-order valence-corrected chi connectivity index (χ4v) is 18.8. The number of fused-ring (bicyclic) bond motifs is 20. The number of hydrogen-bond acceptors (Lipinski definition) is 10. The molecular weight excluding hydrogens is 1610 g/mol. The quantitative estimate of drug-likeness (QED) is 0.152. The van der Waals surface area contributed by atoms with E-state index in [4.69, 9.17) is 38.5 Å². The molecule has 0 atom stereocenters. The van der Waals surface area contributed by atoms with Gasteiger partial charge >= 0.3 is 0 Å². The van der Waals surface area contributed by atoms with Gasteiger partial charge < -0.3 is 22.1 Å². The van der Waals surface area contributed by atoms with Crippen LogP contribution >= 0.6 is 0 Å². The van der Waals surface area contributed by atoms with Crippen molar-refractivity contribution in [3.63, 3.8) is 0 Å². The molecule has 10 aromatic heterocycles. The first-order valence-corrected chi connectivity index (χ1v) is 43.4. The number of aromatic nitrogens is 10. The van der Waals surface area contributed by atoms with Crippen molar-refractivity contribution in [1.29, 1.82) is 0 Å². The summed E-state index contributed by atoms with van der Waals surface area (Å²) in [5.74, 6) is 0. The van der Waals surface area contributed by atoms with E-state index in [9.17, 15) is 0 Å². The molecule has 25 rings (SSSR count). The number of furan rings is 5. The smallest absolute Gasteiger partial charge is 0.286 e. The van der Waals surface area contributed by atoms with Gasteiger partial charge in [0.05, 0.1) is 67.6 Å². The molecule has 25 aromatic rings. The third kappa shape index (κ3) is 14.4. The third-order valence-electron chi connectivity index (χ3n) is 25.7. The van der Waals surface area contributed by atoms with Crippen molar-refractivity contribution in [2.75, 3.05) is 0 Å². The standard InChI is InChI=1S/C24H21N2O.4C23H19N2O/c1-14-9-20-19-11-17-7-5-6-8-18(17)12-22(19)27-24(20)23(16(14)3)21-10-15(2)25-13-26(21)4;1-14-10-19-18-11-16-6-4-5-7-17(16)12-21(18)26-23(19)22(15(14)2)20-13-24-8-9-25(20)3;1-14-10-19-18-11-16-6-4-5-7-17(16)12-21(18)26-23(19)22(15(14)2)20-8-9-24-13-25(20)3;1-14-10-15(2)22(19-8-9-24-13-25(19)3)23-21(14)18-11-16-6-4-5-7-17(16)12-20(18)26-23;1-14-8-9-18-19-10-16-6-4-5-7-17(16)11-21(19)26-23(18)22(14)20-12-24-15(2)13-25(20)3/h5-13H,1-4H3;4*4-13H,1-3H3/q5*+1/i1D3;;2*1D3;2D3. The van der Waals surface area contributed by atoms with E-state index in [1.807, 2.05) is 211 Å². The highest BCUT2D eigenvalue weighted by Gasteiger charge is 2.29. The molecule has 0 unspecified atom stereocenters. The molecule has 15 nitrogen and oxygen atoms in total. The number of rotatable bonds is 5. The Morgan fingerprint density at radius 2 is 0.634 bits per heavy atom. The Morgan fingerprint density at radius 3 is 1.08 bits per heavy atom. The fraction of sp³-hybridized carbons (Fsp3) is 0.138. The molecule has 15 heteroatoms. The van der Waals surface area contributed by atoms with E-state index < -0.39 is 27.4 Å². The molecule has 0 aliphatic carbocycles. The Hall–Kier alpha value is -16.0. The first-order valence-electron chi connectivity index (χ1n) is 49.4. The maximum atomic E-state index is 8.12. The fourth-order valence-electron chi connectivity index (χ4n) is 18.8. The highest BCUT2D eigenvalue weighted by molar-refractivity contribution is 6.19. The second-order valence-electron chi connectivity index (χ2n) is 34.1. The van der Waals surface area contributed by atoms with E-state index in [0.717, 1.165) is 193 Å².